The summed E-state index contributed by atoms with van der Waals surface area (Å²) in [7, 11) is 2.69. The van der Waals surface area contributed by atoms with Gasteiger partial charge >= 0.3 is 15.5 Å². The van der Waals surface area contributed by atoms with Gasteiger partial charge in [-0.25, -0.2) is 4.79 Å². The van der Waals surface area contributed by atoms with Crippen LogP contribution in [0, 0.1) is 0 Å². The average Bonchev–Trinajstić information content (AvgIpc) is 2.45. The highest BCUT2D eigenvalue weighted by Crippen LogP contribution is 1.91. The Balaban J connectivity index is -0.000000312. The van der Waals surface area contributed by atoms with Crippen molar-refractivity contribution < 1.29 is 27.2 Å². The molecule has 0 fully saturated rings. The van der Waals surface area contributed by atoms with Gasteiger partial charge in [0.2, 0.25) is 0 Å². The molecule has 0 aromatic heterocycles. The maximum Gasteiger partial charge on any atom is 0.483 e. The van der Waals surface area contributed by atoms with Gasteiger partial charge in [-0.3, -0.25) is 0 Å². The lowest BCUT2D eigenvalue weighted by atomic mass is 10.5. The molecular weight excluding hydrogens is 312 g/mol. The minimum absolute atomic E-state index is 0. The normalized spacial score (nSPS) is 9.85. The summed E-state index contributed by atoms with van der Waals surface area (Å²) in [5.41, 5.74) is 0. The smallest absolute Gasteiger partial charge is 0.463 e. The van der Waals surface area contributed by atoms with Crippen molar-refractivity contribution in [2.24, 2.45) is 0 Å². The van der Waals surface area contributed by atoms with Crippen molar-refractivity contribution in [2.75, 3.05) is 34.5 Å². The van der Waals surface area contributed by atoms with Crippen LogP contribution in [0.2, 0.25) is 6.04 Å². The number of esters is 1. The summed E-state index contributed by atoms with van der Waals surface area (Å²) >= 11 is 0. The van der Waals surface area contributed by atoms with Crippen molar-refractivity contribution in [2.45, 2.75) is 19.4 Å². The molecule has 0 spiro atoms. The summed E-state index contributed by atoms with van der Waals surface area (Å²) in [6, 6.07) is 1.07. The molecular formula is C11H30O6Si3. The molecule has 0 atom stereocenters. The Hall–Kier alpha value is -0.299. The zero-order chi connectivity index (χ0) is 14.9. The maximum atomic E-state index is 10.5. The molecule has 0 bridgehead atoms. The lowest BCUT2D eigenvalue weighted by Gasteiger charge is -2.05. The fourth-order valence-electron chi connectivity index (χ4n) is 0.971. The summed E-state index contributed by atoms with van der Waals surface area (Å²) in [6.45, 7) is 6.58. The molecule has 0 radical (unpaired) electrons. The molecule has 0 aliphatic rings. The second kappa shape index (κ2) is 21.0. The van der Waals surface area contributed by atoms with Crippen molar-refractivity contribution in [1.82, 2.24) is 0 Å². The molecule has 0 aromatic carbocycles. The standard InChI is InChI=1S/C8H16O3Si.C3H10O3Si.H4Si/c1-3-8(9)10-6-5-7-12-11-4-2;1-4-7(5-2)6-3;/h3H,1,4-7,12H2,2H3;7H,1-3H3;1H4. The van der Waals surface area contributed by atoms with Gasteiger partial charge < -0.3 is 22.4 Å². The highest BCUT2D eigenvalue weighted by atomic mass is 28.3. The third-order valence-electron chi connectivity index (χ3n) is 1.88. The first-order chi connectivity index (χ1) is 9.15. The summed E-state index contributed by atoms with van der Waals surface area (Å²) in [4.78, 5) is 10.5. The summed E-state index contributed by atoms with van der Waals surface area (Å²) < 4.78 is 24.3. The molecule has 0 N–H and O–H groups in total. The molecule has 20 heavy (non-hydrogen) atoms. The third-order valence-corrected chi connectivity index (χ3v) is 4.52. The van der Waals surface area contributed by atoms with Crippen LogP contribution in [-0.2, 0) is 27.2 Å². The molecule has 0 saturated carbocycles. The van der Waals surface area contributed by atoms with Crippen LogP contribution in [-0.4, -0.2) is 70.8 Å². The number of rotatable bonds is 10. The number of hydrogen-bond donors (Lipinski definition) is 0. The molecule has 0 aliphatic heterocycles. The minimum atomic E-state index is -1.67. The van der Waals surface area contributed by atoms with Crippen LogP contribution in [0.1, 0.15) is 13.3 Å². The first-order valence-corrected chi connectivity index (χ1v) is 9.10. The van der Waals surface area contributed by atoms with E-state index in [1.54, 1.807) is 21.3 Å². The quantitative estimate of drug-likeness (QED) is 0.216. The van der Waals surface area contributed by atoms with Crippen LogP contribution in [0.15, 0.2) is 12.7 Å². The van der Waals surface area contributed by atoms with E-state index < -0.39 is 9.53 Å². The molecule has 0 rings (SSSR count). The molecule has 0 aromatic rings. The molecule has 6 nitrogen and oxygen atoms in total. The molecule has 9 heteroatoms. The van der Waals surface area contributed by atoms with E-state index in [0.29, 0.717) is 6.61 Å². The number of ether oxygens (including phenoxy) is 1. The van der Waals surface area contributed by atoms with Crippen molar-refractivity contribution >= 4 is 36.2 Å². The van der Waals surface area contributed by atoms with Crippen LogP contribution in [0.5, 0.6) is 0 Å². The van der Waals surface area contributed by atoms with Crippen molar-refractivity contribution in [3.8, 4) is 0 Å². The van der Waals surface area contributed by atoms with E-state index in [1.165, 1.54) is 6.08 Å². The first kappa shape index (κ1) is 24.7. The summed E-state index contributed by atoms with van der Waals surface area (Å²) in [5, 5.41) is 0. The first-order valence-electron chi connectivity index (χ1n) is 6.11. The average molecular weight is 343 g/mol. The molecule has 0 saturated heterocycles. The van der Waals surface area contributed by atoms with Crippen LogP contribution in [0.3, 0.4) is 0 Å². The largest absolute Gasteiger partial charge is 0.483 e. The van der Waals surface area contributed by atoms with E-state index in [2.05, 4.69) is 6.58 Å². The zero-order valence-electron chi connectivity index (χ0n) is 12.3. The van der Waals surface area contributed by atoms with E-state index in [1.807, 2.05) is 6.92 Å². The van der Waals surface area contributed by atoms with E-state index in [-0.39, 0.29) is 26.7 Å². The highest BCUT2D eigenvalue weighted by molar-refractivity contribution is 6.36. The van der Waals surface area contributed by atoms with E-state index in [9.17, 15) is 4.79 Å². The van der Waals surface area contributed by atoms with Crippen molar-refractivity contribution in [1.29, 1.82) is 0 Å². The van der Waals surface area contributed by atoms with Gasteiger partial charge in [0, 0.05) is 34.0 Å². The van der Waals surface area contributed by atoms with Crippen LogP contribution < -0.4 is 0 Å². The number of carbonyl (C=O) groups excluding carboxylic acids is 1. The summed E-state index contributed by atoms with van der Waals surface area (Å²) in [6.07, 6.45) is 2.09. The SMILES string of the molecule is C=CC(=O)OCCC[SiH2]OCC.CO[SiH](OC)OC.[SiH4]. The Morgan fingerprint density at radius 3 is 2.15 bits per heavy atom. The van der Waals surface area contributed by atoms with Gasteiger partial charge in [0.1, 0.15) is 0 Å². The zero-order valence-corrected chi connectivity index (χ0v) is 14.9. The van der Waals surface area contributed by atoms with Crippen LogP contribution in [0.25, 0.3) is 0 Å². The van der Waals surface area contributed by atoms with E-state index in [4.69, 9.17) is 22.4 Å². The highest BCUT2D eigenvalue weighted by Gasteiger charge is 2.04. The topological polar surface area (TPSA) is 63.2 Å². The van der Waals surface area contributed by atoms with Gasteiger partial charge in [0.15, 0.2) is 9.76 Å². The van der Waals surface area contributed by atoms with Crippen molar-refractivity contribution in [3.05, 3.63) is 12.7 Å². The monoisotopic (exact) mass is 342 g/mol. The van der Waals surface area contributed by atoms with Gasteiger partial charge in [-0.05, 0) is 30.4 Å². The number of hydrogen-bond acceptors (Lipinski definition) is 6. The van der Waals surface area contributed by atoms with Gasteiger partial charge in [0.05, 0.1) is 6.61 Å². The van der Waals surface area contributed by atoms with Gasteiger partial charge in [0.25, 0.3) is 0 Å². The lowest BCUT2D eigenvalue weighted by molar-refractivity contribution is -0.137. The Morgan fingerprint density at radius 2 is 1.80 bits per heavy atom. The Bertz CT molecular complexity index is 209. The van der Waals surface area contributed by atoms with Gasteiger partial charge in [-0.15, -0.1) is 0 Å². The van der Waals surface area contributed by atoms with Gasteiger partial charge in [-0.2, -0.15) is 0 Å². The second-order valence-electron chi connectivity index (χ2n) is 3.27. The number of carbonyl (C=O) groups is 1. The maximum absolute atomic E-state index is 10.5. The predicted octanol–water partition coefficient (Wildman–Crippen LogP) is -1.16. The predicted molar refractivity (Wildman–Crippen MR) is 90.3 cm³/mol. The minimum Gasteiger partial charge on any atom is -0.463 e. The van der Waals surface area contributed by atoms with E-state index >= 15 is 0 Å². The molecule has 0 amide bonds. The lowest BCUT2D eigenvalue weighted by Crippen LogP contribution is -2.21. The van der Waals surface area contributed by atoms with Gasteiger partial charge in [-0.1, -0.05) is 6.58 Å². The van der Waals surface area contributed by atoms with Crippen LogP contribution in [0.4, 0.5) is 0 Å². The fourth-order valence-corrected chi connectivity index (χ4v) is 2.45. The van der Waals surface area contributed by atoms with Crippen LogP contribution >= 0.6 is 0 Å². The summed E-state index contributed by atoms with van der Waals surface area (Å²) in [5.74, 6) is -0.340. The Labute approximate surface area is 130 Å². The molecule has 0 aliphatic carbocycles. The molecule has 122 valence electrons. The Kier molecular flexibility index (Phi) is 25.9. The molecule has 0 heterocycles. The fraction of sp³-hybridized carbons (Fsp3) is 0.727. The third kappa shape index (κ3) is 20.0. The molecule has 0 unspecified atom stereocenters. The second-order valence-corrected chi connectivity index (χ2v) is 6.79. The van der Waals surface area contributed by atoms with E-state index in [0.717, 1.165) is 19.1 Å². The van der Waals surface area contributed by atoms with Crippen molar-refractivity contribution in [3.63, 3.8) is 0 Å². The Morgan fingerprint density at radius 1 is 1.25 bits per heavy atom.